The average Bonchev–Trinajstić information content (AvgIpc) is 3.14. The van der Waals surface area contributed by atoms with Crippen LogP contribution < -0.4 is 4.72 Å². The number of furan rings is 1. The van der Waals surface area contributed by atoms with Crippen molar-refractivity contribution in [1.29, 1.82) is 0 Å². The lowest BCUT2D eigenvalue weighted by Crippen LogP contribution is -2.23. The molecule has 5 nitrogen and oxygen atoms in total. The van der Waals surface area contributed by atoms with Gasteiger partial charge in [0.2, 0.25) is 10.0 Å². The molecule has 0 aliphatic rings. The van der Waals surface area contributed by atoms with Crippen LogP contribution in [0.3, 0.4) is 0 Å². The quantitative estimate of drug-likeness (QED) is 0.733. The maximum Gasteiger partial charge on any atom is 0.240 e. The first-order valence-electron chi connectivity index (χ1n) is 8.35. The topological polar surface area (TPSA) is 72.2 Å². The number of aromatic nitrogens is 1. The zero-order valence-electron chi connectivity index (χ0n) is 15.1. The van der Waals surface area contributed by atoms with Gasteiger partial charge in [0.25, 0.3) is 0 Å². The Morgan fingerprint density at radius 2 is 1.77 bits per heavy atom. The van der Waals surface area contributed by atoms with Gasteiger partial charge in [0, 0.05) is 12.7 Å². The van der Waals surface area contributed by atoms with E-state index in [2.05, 4.69) is 30.5 Å². The molecule has 0 bridgehead atoms. The van der Waals surface area contributed by atoms with Crippen LogP contribution in [-0.4, -0.2) is 13.4 Å². The Hall–Kier alpha value is -2.44. The molecule has 1 N–H and O–H groups in total. The van der Waals surface area contributed by atoms with Gasteiger partial charge in [0.1, 0.15) is 5.69 Å². The van der Waals surface area contributed by atoms with E-state index >= 15 is 0 Å². The fourth-order valence-corrected chi connectivity index (χ4v) is 3.51. The van der Waals surface area contributed by atoms with E-state index in [-0.39, 0.29) is 16.9 Å². The summed E-state index contributed by atoms with van der Waals surface area (Å²) in [6, 6.07) is 14.2. The summed E-state index contributed by atoms with van der Waals surface area (Å²) in [7, 11) is -3.57. The van der Waals surface area contributed by atoms with Crippen molar-refractivity contribution >= 4 is 10.0 Å². The molecule has 0 aliphatic carbocycles. The molecular weight excluding hydrogens is 348 g/mol. The molecule has 0 atom stereocenters. The largest absolute Gasteiger partial charge is 0.463 e. The van der Waals surface area contributed by atoms with Crippen molar-refractivity contribution in [2.45, 2.75) is 37.6 Å². The standard InChI is InChI=1S/C20H22N2O3S/c1-20(2,3)16-7-9-17(10-8-16)26(23,24)22-14-15-6-11-18(21-13-15)19-5-4-12-25-19/h4-13,22H,14H2,1-3H3. The predicted molar refractivity (Wildman–Crippen MR) is 101 cm³/mol. The first kappa shape index (κ1) is 18.4. The van der Waals surface area contributed by atoms with E-state index in [4.69, 9.17) is 4.42 Å². The summed E-state index contributed by atoms with van der Waals surface area (Å²) in [6.07, 6.45) is 3.23. The van der Waals surface area contributed by atoms with Gasteiger partial charge in [-0.25, -0.2) is 13.1 Å². The molecule has 0 radical (unpaired) electrons. The zero-order chi connectivity index (χ0) is 18.8. The van der Waals surface area contributed by atoms with Crippen molar-refractivity contribution in [3.05, 3.63) is 72.1 Å². The summed E-state index contributed by atoms with van der Waals surface area (Å²) in [4.78, 5) is 4.56. The van der Waals surface area contributed by atoms with E-state index in [0.29, 0.717) is 11.5 Å². The van der Waals surface area contributed by atoms with Crippen molar-refractivity contribution in [3.8, 4) is 11.5 Å². The Balaban J connectivity index is 1.68. The van der Waals surface area contributed by atoms with E-state index in [1.54, 1.807) is 36.7 Å². The van der Waals surface area contributed by atoms with E-state index in [1.165, 1.54) is 0 Å². The van der Waals surface area contributed by atoms with Crippen molar-refractivity contribution in [2.75, 3.05) is 0 Å². The normalized spacial score (nSPS) is 12.3. The minimum absolute atomic E-state index is 0.0167. The summed E-state index contributed by atoms with van der Waals surface area (Å²) in [5.41, 5.74) is 2.56. The highest BCUT2D eigenvalue weighted by molar-refractivity contribution is 7.89. The minimum Gasteiger partial charge on any atom is -0.463 e. The highest BCUT2D eigenvalue weighted by Crippen LogP contribution is 2.23. The average molecular weight is 370 g/mol. The van der Waals surface area contributed by atoms with Gasteiger partial charge >= 0.3 is 0 Å². The second-order valence-corrected chi connectivity index (χ2v) is 8.89. The summed E-state index contributed by atoms with van der Waals surface area (Å²) in [6.45, 7) is 6.45. The maximum absolute atomic E-state index is 12.5. The van der Waals surface area contributed by atoms with E-state index < -0.39 is 10.0 Å². The smallest absolute Gasteiger partial charge is 0.240 e. The molecule has 0 amide bonds. The van der Waals surface area contributed by atoms with Gasteiger partial charge in [-0.15, -0.1) is 0 Å². The molecule has 0 spiro atoms. The van der Waals surface area contributed by atoms with Gasteiger partial charge < -0.3 is 4.42 Å². The molecule has 2 heterocycles. The van der Waals surface area contributed by atoms with Crippen molar-refractivity contribution < 1.29 is 12.8 Å². The molecule has 136 valence electrons. The first-order valence-corrected chi connectivity index (χ1v) is 9.83. The summed E-state index contributed by atoms with van der Waals surface area (Å²) >= 11 is 0. The third kappa shape index (κ3) is 4.20. The molecule has 0 fully saturated rings. The Bertz CT molecular complexity index is 953. The number of rotatable bonds is 5. The number of sulfonamides is 1. The lowest BCUT2D eigenvalue weighted by Gasteiger charge is -2.19. The van der Waals surface area contributed by atoms with Crippen LogP contribution in [0.25, 0.3) is 11.5 Å². The molecule has 6 heteroatoms. The van der Waals surface area contributed by atoms with Crippen molar-refractivity contribution in [2.24, 2.45) is 0 Å². The highest BCUT2D eigenvalue weighted by Gasteiger charge is 2.17. The highest BCUT2D eigenvalue weighted by atomic mass is 32.2. The van der Waals surface area contributed by atoms with Gasteiger partial charge in [-0.05, 0) is 46.9 Å². The Labute approximate surface area is 154 Å². The number of nitrogens with zero attached hydrogens (tertiary/aromatic N) is 1. The van der Waals surface area contributed by atoms with Crippen molar-refractivity contribution in [1.82, 2.24) is 9.71 Å². The lowest BCUT2D eigenvalue weighted by molar-refractivity contribution is 0.577. The third-order valence-electron chi connectivity index (χ3n) is 4.10. The molecule has 0 aliphatic heterocycles. The summed E-state index contributed by atoms with van der Waals surface area (Å²) < 4.78 is 32.9. The van der Waals surface area contributed by atoms with Crippen LogP contribution in [0.5, 0.6) is 0 Å². The summed E-state index contributed by atoms with van der Waals surface area (Å²) in [5.74, 6) is 0.677. The fourth-order valence-electron chi connectivity index (χ4n) is 2.49. The molecule has 0 saturated carbocycles. The summed E-state index contributed by atoms with van der Waals surface area (Å²) in [5, 5.41) is 0. The maximum atomic E-state index is 12.5. The number of hydrogen-bond acceptors (Lipinski definition) is 4. The Morgan fingerprint density at radius 3 is 2.31 bits per heavy atom. The number of hydrogen-bond donors (Lipinski definition) is 1. The SMILES string of the molecule is CC(C)(C)c1ccc(S(=O)(=O)NCc2ccc(-c3ccco3)nc2)cc1. The first-order chi connectivity index (χ1) is 12.3. The molecule has 1 aromatic carbocycles. The second-order valence-electron chi connectivity index (χ2n) is 7.13. The molecule has 2 aromatic heterocycles. The monoisotopic (exact) mass is 370 g/mol. The van der Waals surface area contributed by atoms with Crippen LogP contribution in [0.4, 0.5) is 0 Å². The number of benzene rings is 1. The van der Waals surface area contributed by atoms with Gasteiger partial charge in [0.05, 0.1) is 11.2 Å². The fraction of sp³-hybridized carbons (Fsp3) is 0.250. The van der Waals surface area contributed by atoms with Crippen LogP contribution in [0.15, 0.2) is 70.3 Å². The van der Waals surface area contributed by atoms with Crippen LogP contribution in [0.2, 0.25) is 0 Å². The van der Waals surface area contributed by atoms with Crippen LogP contribution >= 0.6 is 0 Å². The second kappa shape index (κ2) is 7.05. The van der Waals surface area contributed by atoms with Crippen LogP contribution in [0, 0.1) is 0 Å². The van der Waals surface area contributed by atoms with Crippen LogP contribution in [0.1, 0.15) is 31.9 Å². The molecule has 26 heavy (non-hydrogen) atoms. The Kier molecular flexibility index (Phi) is 4.98. The van der Waals surface area contributed by atoms with Gasteiger partial charge in [-0.2, -0.15) is 0 Å². The van der Waals surface area contributed by atoms with E-state index in [0.717, 1.165) is 11.1 Å². The van der Waals surface area contributed by atoms with Gasteiger partial charge in [-0.1, -0.05) is 39.0 Å². The van der Waals surface area contributed by atoms with E-state index in [9.17, 15) is 8.42 Å². The van der Waals surface area contributed by atoms with E-state index in [1.807, 2.05) is 24.3 Å². The molecule has 3 aromatic rings. The third-order valence-corrected chi connectivity index (χ3v) is 5.51. The van der Waals surface area contributed by atoms with Crippen molar-refractivity contribution in [3.63, 3.8) is 0 Å². The van der Waals surface area contributed by atoms with Crippen LogP contribution in [-0.2, 0) is 22.0 Å². The Morgan fingerprint density at radius 1 is 1.04 bits per heavy atom. The lowest BCUT2D eigenvalue weighted by atomic mass is 9.87. The predicted octanol–water partition coefficient (Wildman–Crippen LogP) is 4.12. The molecule has 3 rings (SSSR count). The molecule has 0 saturated heterocycles. The van der Waals surface area contributed by atoms with Gasteiger partial charge in [0.15, 0.2) is 5.76 Å². The molecular formula is C20H22N2O3S. The number of nitrogens with one attached hydrogen (secondary N) is 1. The molecule has 0 unspecified atom stereocenters. The zero-order valence-corrected chi connectivity index (χ0v) is 15.9. The minimum atomic E-state index is -3.57. The number of pyridine rings is 1. The van der Waals surface area contributed by atoms with Gasteiger partial charge in [-0.3, -0.25) is 4.98 Å².